The van der Waals surface area contributed by atoms with Crippen molar-refractivity contribution in [1.29, 1.82) is 5.41 Å². The van der Waals surface area contributed by atoms with E-state index in [4.69, 9.17) is 15.9 Å². The van der Waals surface area contributed by atoms with Crippen LogP contribution in [0, 0.1) is 24.7 Å². The Bertz CT molecular complexity index is 425. The molecule has 3 nitrogen and oxygen atoms in total. The Balaban J connectivity index is 2.43. The van der Waals surface area contributed by atoms with Gasteiger partial charge in [0.25, 0.3) is 0 Å². The molecule has 0 aromatic heterocycles. The molecule has 0 aliphatic rings. The van der Waals surface area contributed by atoms with E-state index in [1.54, 1.807) is 0 Å². The lowest BCUT2D eigenvalue weighted by Gasteiger charge is -2.22. The Morgan fingerprint density at radius 1 is 1.33 bits per heavy atom. The Morgan fingerprint density at radius 2 is 2.00 bits per heavy atom. The third-order valence-corrected chi connectivity index (χ3v) is 3.28. The second-order valence-electron chi connectivity index (χ2n) is 5.52. The molecule has 1 aromatic carbocycles. The SMILES string of the molecule is Cc1ccc(C)c(OCCCC(C)(C)C(=N)N)c1. The molecule has 0 fully saturated rings. The van der Waals surface area contributed by atoms with Crippen LogP contribution in [0.15, 0.2) is 18.2 Å². The Kier molecular flexibility index (Phi) is 4.76. The molecule has 3 N–H and O–H groups in total. The topological polar surface area (TPSA) is 59.1 Å². The Labute approximate surface area is 110 Å². The first-order valence-electron chi connectivity index (χ1n) is 6.37. The normalized spacial score (nSPS) is 11.3. The van der Waals surface area contributed by atoms with Gasteiger partial charge in [0.2, 0.25) is 0 Å². The summed E-state index contributed by atoms with van der Waals surface area (Å²) in [5, 5.41) is 7.50. The van der Waals surface area contributed by atoms with E-state index in [2.05, 4.69) is 25.1 Å². The van der Waals surface area contributed by atoms with Gasteiger partial charge in [0.05, 0.1) is 12.4 Å². The molecule has 0 radical (unpaired) electrons. The van der Waals surface area contributed by atoms with E-state index in [0.29, 0.717) is 6.61 Å². The average Bonchev–Trinajstić information content (AvgIpc) is 2.28. The van der Waals surface area contributed by atoms with E-state index < -0.39 is 0 Å². The van der Waals surface area contributed by atoms with Crippen molar-refractivity contribution in [1.82, 2.24) is 0 Å². The third kappa shape index (κ3) is 4.06. The van der Waals surface area contributed by atoms with E-state index in [0.717, 1.165) is 24.2 Å². The van der Waals surface area contributed by atoms with Gasteiger partial charge in [0.1, 0.15) is 5.75 Å². The summed E-state index contributed by atoms with van der Waals surface area (Å²) in [6.45, 7) is 8.76. The lowest BCUT2D eigenvalue weighted by Crippen LogP contribution is -2.31. The molecule has 0 saturated carbocycles. The molecule has 0 aliphatic heterocycles. The first-order chi connectivity index (χ1) is 8.33. The largest absolute Gasteiger partial charge is 0.493 e. The molecule has 100 valence electrons. The summed E-state index contributed by atoms with van der Waals surface area (Å²) < 4.78 is 5.78. The molecule has 1 aromatic rings. The minimum atomic E-state index is -0.231. The van der Waals surface area contributed by atoms with Crippen LogP contribution in [0.1, 0.15) is 37.8 Å². The maximum Gasteiger partial charge on any atom is 0.122 e. The first kappa shape index (κ1) is 14.6. The minimum Gasteiger partial charge on any atom is -0.493 e. The number of hydrogen-bond donors (Lipinski definition) is 2. The van der Waals surface area contributed by atoms with Crippen LogP contribution < -0.4 is 10.5 Å². The second kappa shape index (κ2) is 5.89. The molecule has 0 bridgehead atoms. The van der Waals surface area contributed by atoms with Crippen molar-refractivity contribution in [3.8, 4) is 5.75 Å². The van der Waals surface area contributed by atoms with Gasteiger partial charge in [0, 0.05) is 5.41 Å². The zero-order chi connectivity index (χ0) is 13.8. The van der Waals surface area contributed by atoms with Crippen LogP contribution in [0.4, 0.5) is 0 Å². The van der Waals surface area contributed by atoms with Crippen molar-refractivity contribution in [3.05, 3.63) is 29.3 Å². The van der Waals surface area contributed by atoms with E-state index >= 15 is 0 Å². The molecule has 0 amide bonds. The fourth-order valence-corrected chi connectivity index (χ4v) is 1.69. The zero-order valence-corrected chi connectivity index (χ0v) is 11.8. The lowest BCUT2D eigenvalue weighted by atomic mass is 9.87. The van der Waals surface area contributed by atoms with Crippen LogP contribution in [-0.4, -0.2) is 12.4 Å². The van der Waals surface area contributed by atoms with E-state index in [-0.39, 0.29) is 11.3 Å². The van der Waals surface area contributed by atoms with Gasteiger partial charge >= 0.3 is 0 Å². The van der Waals surface area contributed by atoms with Gasteiger partial charge in [-0.25, -0.2) is 0 Å². The van der Waals surface area contributed by atoms with Crippen molar-refractivity contribution in [3.63, 3.8) is 0 Å². The van der Waals surface area contributed by atoms with Crippen molar-refractivity contribution in [2.45, 2.75) is 40.5 Å². The summed E-state index contributed by atoms with van der Waals surface area (Å²) in [5.74, 6) is 1.20. The highest BCUT2D eigenvalue weighted by molar-refractivity contribution is 5.82. The van der Waals surface area contributed by atoms with Crippen molar-refractivity contribution in [2.24, 2.45) is 11.1 Å². The zero-order valence-electron chi connectivity index (χ0n) is 11.8. The van der Waals surface area contributed by atoms with Gasteiger partial charge in [-0.15, -0.1) is 0 Å². The highest BCUT2D eigenvalue weighted by Gasteiger charge is 2.20. The number of rotatable bonds is 6. The molecule has 0 heterocycles. The number of nitrogens with one attached hydrogen (secondary N) is 1. The summed E-state index contributed by atoms with van der Waals surface area (Å²) in [4.78, 5) is 0. The molecule has 0 saturated heterocycles. The number of aryl methyl sites for hydroxylation is 2. The van der Waals surface area contributed by atoms with Crippen LogP contribution in [-0.2, 0) is 0 Å². The van der Waals surface area contributed by atoms with E-state index in [1.165, 1.54) is 5.56 Å². The minimum absolute atomic E-state index is 0.231. The summed E-state index contributed by atoms with van der Waals surface area (Å²) in [6, 6.07) is 6.22. The molecule has 18 heavy (non-hydrogen) atoms. The van der Waals surface area contributed by atoms with Crippen LogP contribution in [0.5, 0.6) is 5.75 Å². The Morgan fingerprint density at radius 3 is 2.61 bits per heavy atom. The van der Waals surface area contributed by atoms with Crippen molar-refractivity contribution < 1.29 is 4.74 Å². The molecular weight excluding hydrogens is 224 g/mol. The van der Waals surface area contributed by atoms with Gasteiger partial charge < -0.3 is 10.5 Å². The third-order valence-electron chi connectivity index (χ3n) is 3.28. The van der Waals surface area contributed by atoms with E-state index in [1.807, 2.05) is 20.8 Å². The van der Waals surface area contributed by atoms with E-state index in [9.17, 15) is 0 Å². The Hall–Kier alpha value is -1.51. The quantitative estimate of drug-likeness (QED) is 0.460. The van der Waals surface area contributed by atoms with Crippen molar-refractivity contribution in [2.75, 3.05) is 6.61 Å². The molecule has 3 heteroatoms. The average molecular weight is 248 g/mol. The molecule has 0 aliphatic carbocycles. The fourth-order valence-electron chi connectivity index (χ4n) is 1.69. The smallest absolute Gasteiger partial charge is 0.122 e. The number of amidine groups is 1. The van der Waals surface area contributed by atoms with Crippen LogP contribution in [0.3, 0.4) is 0 Å². The van der Waals surface area contributed by atoms with Crippen LogP contribution in [0.2, 0.25) is 0 Å². The molecule has 1 rings (SSSR count). The summed E-state index contributed by atoms with van der Waals surface area (Å²) in [5.41, 5.74) is 7.69. The van der Waals surface area contributed by atoms with Crippen LogP contribution in [0.25, 0.3) is 0 Å². The summed E-state index contributed by atoms with van der Waals surface area (Å²) in [6.07, 6.45) is 1.77. The highest BCUT2D eigenvalue weighted by Crippen LogP contribution is 2.23. The lowest BCUT2D eigenvalue weighted by molar-refractivity contribution is 0.285. The standard InChI is InChI=1S/C15H24N2O/c1-11-6-7-12(2)13(10-11)18-9-5-8-15(3,4)14(16)17/h6-7,10H,5,8-9H2,1-4H3,(H3,16,17). The maximum absolute atomic E-state index is 7.50. The van der Waals surface area contributed by atoms with Gasteiger partial charge in [-0.2, -0.15) is 0 Å². The van der Waals surface area contributed by atoms with Gasteiger partial charge in [-0.1, -0.05) is 26.0 Å². The first-order valence-corrected chi connectivity index (χ1v) is 6.37. The highest BCUT2D eigenvalue weighted by atomic mass is 16.5. The molecule has 0 unspecified atom stereocenters. The number of nitrogens with two attached hydrogens (primary N) is 1. The summed E-state index contributed by atoms with van der Waals surface area (Å²) in [7, 11) is 0. The van der Waals surface area contributed by atoms with Gasteiger partial charge in [0.15, 0.2) is 0 Å². The predicted molar refractivity (Wildman–Crippen MR) is 76.3 cm³/mol. The maximum atomic E-state index is 7.50. The molecule has 0 spiro atoms. The number of benzene rings is 1. The molecule has 0 atom stereocenters. The number of hydrogen-bond acceptors (Lipinski definition) is 2. The van der Waals surface area contributed by atoms with Crippen LogP contribution >= 0.6 is 0 Å². The van der Waals surface area contributed by atoms with Gasteiger partial charge in [-0.05, 0) is 43.9 Å². The van der Waals surface area contributed by atoms with Crippen molar-refractivity contribution >= 4 is 5.84 Å². The number of ether oxygens (including phenoxy) is 1. The second-order valence-corrected chi connectivity index (χ2v) is 5.52. The fraction of sp³-hybridized carbons (Fsp3) is 0.533. The monoisotopic (exact) mass is 248 g/mol. The summed E-state index contributed by atoms with van der Waals surface area (Å²) >= 11 is 0. The molecular formula is C15H24N2O. The van der Waals surface area contributed by atoms with Gasteiger partial charge in [-0.3, -0.25) is 5.41 Å². The predicted octanol–water partition coefficient (Wildman–Crippen LogP) is 3.42.